The topological polar surface area (TPSA) is 59.5 Å². The third-order valence-corrected chi connectivity index (χ3v) is 5.58. The Morgan fingerprint density at radius 3 is 2.75 bits per heavy atom. The first kappa shape index (κ1) is 16.4. The van der Waals surface area contributed by atoms with Crippen LogP contribution < -0.4 is 15.0 Å². The number of hydrogen-bond donors (Lipinski definition) is 1. The molecule has 3 aliphatic heterocycles. The van der Waals surface area contributed by atoms with Crippen molar-refractivity contribution in [2.75, 3.05) is 25.2 Å². The molecule has 2 bridgehead atoms. The fraction of sp³-hybridized carbons (Fsp3) is 0.765. The highest BCUT2D eigenvalue weighted by Crippen LogP contribution is 2.30. The minimum absolute atomic E-state index is 0.0624. The van der Waals surface area contributed by atoms with E-state index in [0.29, 0.717) is 41.7 Å². The summed E-state index contributed by atoms with van der Waals surface area (Å²) in [4.78, 5) is 11.2. The molecule has 0 radical (unpaired) electrons. The van der Waals surface area contributed by atoms with Crippen LogP contribution in [0.5, 0.6) is 5.88 Å². The maximum atomic E-state index is 6.21. The molecule has 4 heterocycles. The van der Waals surface area contributed by atoms with E-state index in [1.165, 1.54) is 19.3 Å². The molecule has 24 heavy (non-hydrogen) atoms. The number of nitrogens with zero attached hydrogens (tertiary/aromatic N) is 3. The molecule has 7 heteroatoms. The molecule has 0 aliphatic carbocycles. The van der Waals surface area contributed by atoms with Crippen molar-refractivity contribution in [2.24, 2.45) is 0 Å². The Morgan fingerprint density at radius 2 is 2.04 bits per heavy atom. The fourth-order valence-electron chi connectivity index (χ4n) is 4.10. The average molecular weight is 353 g/mol. The van der Waals surface area contributed by atoms with Gasteiger partial charge >= 0.3 is 0 Å². The first-order valence-electron chi connectivity index (χ1n) is 8.95. The Morgan fingerprint density at radius 1 is 1.25 bits per heavy atom. The van der Waals surface area contributed by atoms with Crippen LogP contribution >= 0.6 is 11.6 Å². The van der Waals surface area contributed by atoms with Gasteiger partial charge in [-0.05, 0) is 25.7 Å². The zero-order chi connectivity index (χ0) is 16.5. The second-order valence-corrected chi connectivity index (χ2v) is 7.55. The van der Waals surface area contributed by atoms with E-state index in [4.69, 9.17) is 21.1 Å². The second kappa shape index (κ2) is 7.02. The summed E-state index contributed by atoms with van der Waals surface area (Å²) < 4.78 is 11.3. The molecule has 4 rings (SSSR count). The lowest BCUT2D eigenvalue weighted by Gasteiger charge is -2.43. The molecule has 132 valence electrons. The van der Waals surface area contributed by atoms with Crippen LogP contribution in [0.3, 0.4) is 0 Å². The Balaban J connectivity index is 1.48. The van der Waals surface area contributed by atoms with Gasteiger partial charge in [0.1, 0.15) is 11.3 Å². The van der Waals surface area contributed by atoms with E-state index in [2.05, 4.69) is 27.2 Å². The number of nitrogens with one attached hydrogen (secondary N) is 1. The SMILES string of the molecule is CN(c1nc(Cl)cc(O[C@H]2CCOC2)n1)[C@@H]1C[C@H]2CCC[C@@H](C1)N2. The Hall–Kier alpha value is -1.11. The smallest absolute Gasteiger partial charge is 0.230 e. The zero-order valence-electron chi connectivity index (χ0n) is 14.1. The van der Waals surface area contributed by atoms with Gasteiger partial charge in [0.05, 0.1) is 13.2 Å². The Bertz CT molecular complexity index is 570. The van der Waals surface area contributed by atoms with Crippen molar-refractivity contribution in [3.05, 3.63) is 11.2 Å². The summed E-state index contributed by atoms with van der Waals surface area (Å²) in [5, 5.41) is 4.15. The van der Waals surface area contributed by atoms with Crippen molar-refractivity contribution in [3.8, 4) is 5.88 Å². The van der Waals surface area contributed by atoms with Gasteiger partial charge in [-0.1, -0.05) is 18.0 Å². The van der Waals surface area contributed by atoms with Crippen LogP contribution in [0.25, 0.3) is 0 Å². The number of piperidine rings is 2. The average Bonchev–Trinajstić information content (AvgIpc) is 3.06. The van der Waals surface area contributed by atoms with Gasteiger partial charge in [-0.3, -0.25) is 0 Å². The van der Waals surface area contributed by atoms with Crippen LogP contribution in [0.15, 0.2) is 6.07 Å². The van der Waals surface area contributed by atoms with Crippen molar-refractivity contribution in [3.63, 3.8) is 0 Å². The van der Waals surface area contributed by atoms with Gasteiger partial charge < -0.3 is 19.7 Å². The maximum absolute atomic E-state index is 6.21. The highest BCUT2D eigenvalue weighted by molar-refractivity contribution is 6.29. The van der Waals surface area contributed by atoms with Crippen molar-refractivity contribution in [1.82, 2.24) is 15.3 Å². The minimum atomic E-state index is 0.0624. The molecule has 3 saturated heterocycles. The zero-order valence-corrected chi connectivity index (χ0v) is 14.8. The van der Waals surface area contributed by atoms with Crippen LogP contribution in [0.4, 0.5) is 5.95 Å². The highest BCUT2D eigenvalue weighted by atomic mass is 35.5. The van der Waals surface area contributed by atoms with Gasteiger partial charge in [-0.2, -0.15) is 4.98 Å². The molecule has 6 nitrogen and oxygen atoms in total. The number of halogens is 1. The van der Waals surface area contributed by atoms with Crippen LogP contribution in [-0.2, 0) is 4.74 Å². The quantitative estimate of drug-likeness (QED) is 0.840. The summed E-state index contributed by atoms with van der Waals surface area (Å²) >= 11 is 6.21. The number of anilines is 1. The van der Waals surface area contributed by atoms with E-state index >= 15 is 0 Å². The number of rotatable bonds is 4. The normalized spacial score (nSPS) is 32.6. The molecule has 0 aromatic carbocycles. The monoisotopic (exact) mass is 352 g/mol. The lowest BCUT2D eigenvalue weighted by molar-refractivity contribution is 0.138. The molecule has 3 fully saturated rings. The molecule has 0 amide bonds. The first-order chi connectivity index (χ1) is 11.7. The molecular weight excluding hydrogens is 328 g/mol. The van der Waals surface area contributed by atoms with Crippen molar-refractivity contribution in [2.45, 2.75) is 62.8 Å². The molecule has 0 spiro atoms. The number of ether oxygens (including phenoxy) is 2. The van der Waals surface area contributed by atoms with E-state index in [1.54, 1.807) is 6.07 Å². The van der Waals surface area contributed by atoms with Gasteiger partial charge in [0.15, 0.2) is 0 Å². The standard InChI is InChI=1S/C17H25ClN4O2/c1-22(13-7-11-3-2-4-12(8-13)19-11)17-20-15(18)9-16(21-17)24-14-5-6-23-10-14/h9,11-14,19H,2-8,10H2,1H3/t11-,12+,13-,14-/m0/s1. The van der Waals surface area contributed by atoms with E-state index in [0.717, 1.165) is 25.9 Å². The fourth-order valence-corrected chi connectivity index (χ4v) is 4.26. The molecule has 1 N–H and O–H groups in total. The summed E-state index contributed by atoms with van der Waals surface area (Å²) in [6.45, 7) is 1.36. The van der Waals surface area contributed by atoms with Gasteiger partial charge in [-0.15, -0.1) is 0 Å². The maximum Gasteiger partial charge on any atom is 0.230 e. The van der Waals surface area contributed by atoms with Gasteiger partial charge in [-0.25, -0.2) is 4.98 Å². The predicted octanol–water partition coefficient (Wildman–Crippen LogP) is 2.41. The number of hydrogen-bond acceptors (Lipinski definition) is 6. The van der Waals surface area contributed by atoms with Gasteiger partial charge in [0, 0.05) is 37.7 Å². The van der Waals surface area contributed by atoms with Crippen molar-refractivity contribution < 1.29 is 9.47 Å². The summed E-state index contributed by atoms with van der Waals surface area (Å²) in [6.07, 6.45) is 7.11. The van der Waals surface area contributed by atoms with E-state index < -0.39 is 0 Å². The molecule has 4 atom stereocenters. The molecular formula is C17H25ClN4O2. The predicted molar refractivity (Wildman–Crippen MR) is 92.9 cm³/mol. The molecule has 1 aromatic heterocycles. The van der Waals surface area contributed by atoms with Crippen LogP contribution in [0.2, 0.25) is 5.15 Å². The van der Waals surface area contributed by atoms with E-state index in [1.807, 2.05) is 0 Å². The summed E-state index contributed by atoms with van der Waals surface area (Å²) in [5.41, 5.74) is 0. The first-order valence-corrected chi connectivity index (χ1v) is 9.33. The minimum Gasteiger partial charge on any atom is -0.472 e. The lowest BCUT2D eigenvalue weighted by atomic mass is 9.83. The highest BCUT2D eigenvalue weighted by Gasteiger charge is 2.34. The second-order valence-electron chi connectivity index (χ2n) is 7.16. The summed E-state index contributed by atoms with van der Waals surface area (Å²) in [5.74, 6) is 1.20. The van der Waals surface area contributed by atoms with E-state index in [9.17, 15) is 0 Å². The molecule has 1 aromatic rings. The van der Waals surface area contributed by atoms with Crippen LogP contribution in [0.1, 0.15) is 38.5 Å². The van der Waals surface area contributed by atoms with Crippen molar-refractivity contribution >= 4 is 17.5 Å². The van der Waals surface area contributed by atoms with Gasteiger partial charge in [0.2, 0.25) is 11.8 Å². The third-order valence-electron chi connectivity index (χ3n) is 5.39. The van der Waals surface area contributed by atoms with Gasteiger partial charge in [0.25, 0.3) is 0 Å². The number of aromatic nitrogens is 2. The molecule has 3 aliphatic rings. The summed E-state index contributed by atoms with van der Waals surface area (Å²) in [6, 6.07) is 3.38. The van der Waals surface area contributed by atoms with Crippen LogP contribution in [0, 0.1) is 0 Å². The van der Waals surface area contributed by atoms with Crippen LogP contribution in [-0.4, -0.2) is 54.5 Å². The molecule has 0 saturated carbocycles. The Kier molecular flexibility index (Phi) is 4.79. The Labute approximate surface area is 147 Å². The number of fused-ring (bicyclic) bond motifs is 2. The third kappa shape index (κ3) is 3.60. The summed E-state index contributed by atoms with van der Waals surface area (Å²) in [7, 11) is 2.07. The molecule has 0 unspecified atom stereocenters. The van der Waals surface area contributed by atoms with Crippen molar-refractivity contribution in [1.29, 1.82) is 0 Å². The van der Waals surface area contributed by atoms with E-state index in [-0.39, 0.29) is 6.10 Å². The lowest BCUT2D eigenvalue weighted by Crippen LogP contribution is -2.54. The largest absolute Gasteiger partial charge is 0.472 e.